The largest absolute Gasteiger partial charge is 0.508 e. The highest BCUT2D eigenvalue weighted by atomic mass is 16.4. The summed E-state index contributed by atoms with van der Waals surface area (Å²) in [6.07, 6.45) is -0.449. The van der Waals surface area contributed by atoms with Gasteiger partial charge in [0.15, 0.2) is 0 Å². The van der Waals surface area contributed by atoms with Crippen molar-refractivity contribution in [2.45, 2.75) is 24.8 Å². The van der Waals surface area contributed by atoms with Gasteiger partial charge in [-0.05, 0) is 24.1 Å². The van der Waals surface area contributed by atoms with Gasteiger partial charge in [-0.15, -0.1) is 0 Å². The van der Waals surface area contributed by atoms with E-state index in [2.05, 4.69) is 0 Å². The summed E-state index contributed by atoms with van der Waals surface area (Å²) < 4.78 is 0. The van der Waals surface area contributed by atoms with Crippen molar-refractivity contribution in [3.63, 3.8) is 0 Å². The van der Waals surface area contributed by atoms with Gasteiger partial charge in [-0.3, -0.25) is 9.59 Å². The number of carboxylic acids is 2. The highest BCUT2D eigenvalue weighted by Crippen LogP contribution is 2.19. The van der Waals surface area contributed by atoms with E-state index in [1.807, 2.05) is 0 Å². The van der Waals surface area contributed by atoms with Crippen LogP contribution in [0.4, 0.5) is 0 Å². The first-order chi connectivity index (χ1) is 8.33. The molecule has 0 unspecified atom stereocenters. The predicted molar refractivity (Wildman–Crippen MR) is 63.2 cm³/mol. The average molecular weight is 253 g/mol. The lowest BCUT2D eigenvalue weighted by Crippen LogP contribution is -2.50. The molecule has 0 bridgehead atoms. The first kappa shape index (κ1) is 14.0. The molecule has 5 N–H and O–H groups in total. The van der Waals surface area contributed by atoms with E-state index in [1.165, 1.54) is 12.1 Å². The first-order valence-corrected chi connectivity index (χ1v) is 5.35. The molecule has 98 valence electrons. The minimum absolute atomic E-state index is 0.00981. The lowest BCUT2D eigenvalue weighted by atomic mass is 9.87. The van der Waals surface area contributed by atoms with Crippen molar-refractivity contribution in [1.29, 1.82) is 0 Å². The molecule has 0 spiro atoms. The Labute approximate surface area is 104 Å². The van der Waals surface area contributed by atoms with Crippen molar-refractivity contribution >= 4 is 11.9 Å². The molecule has 0 aliphatic rings. The number of carboxylic acid groups (broad SMARTS) is 2. The molecule has 1 aromatic carbocycles. The summed E-state index contributed by atoms with van der Waals surface area (Å²) in [7, 11) is 0. The molecule has 0 saturated heterocycles. The second-order valence-electron chi connectivity index (χ2n) is 4.20. The number of hydrogen-bond donors (Lipinski definition) is 4. The van der Waals surface area contributed by atoms with Crippen molar-refractivity contribution in [2.75, 3.05) is 0 Å². The number of phenolic OH excluding ortho intramolecular Hbond substituents is 1. The second kappa shape index (κ2) is 5.50. The average Bonchev–Trinajstić information content (AvgIpc) is 2.29. The van der Waals surface area contributed by atoms with Crippen LogP contribution >= 0.6 is 0 Å². The maximum Gasteiger partial charge on any atom is 0.324 e. The van der Waals surface area contributed by atoms with Gasteiger partial charge in [0, 0.05) is 12.8 Å². The van der Waals surface area contributed by atoms with Crippen LogP contribution in [-0.4, -0.2) is 32.8 Å². The molecular formula is C12H15NO5. The maximum absolute atomic E-state index is 11.1. The van der Waals surface area contributed by atoms with Gasteiger partial charge < -0.3 is 21.1 Å². The van der Waals surface area contributed by atoms with Crippen LogP contribution in [0.2, 0.25) is 0 Å². The van der Waals surface area contributed by atoms with E-state index >= 15 is 0 Å². The molecule has 0 amide bonds. The molecule has 18 heavy (non-hydrogen) atoms. The van der Waals surface area contributed by atoms with Crippen molar-refractivity contribution in [3.05, 3.63) is 29.8 Å². The number of hydrogen-bond acceptors (Lipinski definition) is 4. The van der Waals surface area contributed by atoms with Crippen molar-refractivity contribution < 1.29 is 24.9 Å². The third-order valence-electron chi connectivity index (χ3n) is 2.67. The number of benzene rings is 1. The van der Waals surface area contributed by atoms with Gasteiger partial charge in [-0.1, -0.05) is 12.1 Å². The number of aliphatic carboxylic acids is 2. The first-order valence-electron chi connectivity index (χ1n) is 5.35. The molecular weight excluding hydrogens is 238 g/mol. The fourth-order valence-corrected chi connectivity index (χ4v) is 1.58. The summed E-state index contributed by atoms with van der Waals surface area (Å²) >= 11 is 0. The lowest BCUT2D eigenvalue weighted by Gasteiger charge is -2.24. The van der Waals surface area contributed by atoms with Crippen LogP contribution in [0, 0.1) is 0 Å². The smallest absolute Gasteiger partial charge is 0.324 e. The lowest BCUT2D eigenvalue weighted by molar-refractivity contribution is -0.144. The summed E-state index contributed by atoms with van der Waals surface area (Å²) in [5, 5.41) is 26.8. The monoisotopic (exact) mass is 253 g/mol. The summed E-state index contributed by atoms with van der Waals surface area (Å²) in [6, 6.07) is 5.96. The number of phenols is 1. The zero-order valence-corrected chi connectivity index (χ0v) is 9.67. The van der Waals surface area contributed by atoms with E-state index < -0.39 is 17.5 Å². The van der Waals surface area contributed by atoms with Gasteiger partial charge in [0.1, 0.15) is 11.3 Å². The van der Waals surface area contributed by atoms with E-state index in [0.717, 1.165) is 0 Å². The normalized spacial score (nSPS) is 13.8. The van der Waals surface area contributed by atoms with Crippen LogP contribution in [0.25, 0.3) is 0 Å². The number of nitrogens with two attached hydrogens (primary N) is 1. The number of carbonyl (C=O) groups is 2. The van der Waals surface area contributed by atoms with E-state index in [1.54, 1.807) is 12.1 Å². The van der Waals surface area contributed by atoms with Crippen LogP contribution in [0.15, 0.2) is 24.3 Å². The Bertz CT molecular complexity index is 442. The third kappa shape index (κ3) is 3.74. The summed E-state index contributed by atoms with van der Waals surface area (Å²) in [5.41, 5.74) is 4.75. The Kier molecular flexibility index (Phi) is 4.28. The summed E-state index contributed by atoms with van der Waals surface area (Å²) in [4.78, 5) is 21.6. The second-order valence-corrected chi connectivity index (χ2v) is 4.20. The fourth-order valence-electron chi connectivity index (χ4n) is 1.58. The minimum Gasteiger partial charge on any atom is -0.508 e. The molecule has 6 nitrogen and oxygen atoms in total. The highest BCUT2D eigenvalue weighted by molar-refractivity contribution is 5.80. The van der Waals surface area contributed by atoms with Crippen LogP contribution in [0.3, 0.4) is 0 Å². The molecule has 0 aliphatic carbocycles. The van der Waals surface area contributed by atoms with E-state index in [4.69, 9.17) is 21.1 Å². The molecule has 1 atom stereocenters. The molecule has 0 heterocycles. The number of aromatic hydroxyl groups is 1. The standard InChI is InChI=1S/C12H15NO5/c13-12(11(17)18,6-5-10(15)16)7-8-1-3-9(14)4-2-8/h1-4,14H,5-7,13H2,(H,15,16)(H,17,18)/t12-/m0/s1. The Morgan fingerprint density at radius 1 is 1.17 bits per heavy atom. The van der Waals surface area contributed by atoms with Gasteiger partial charge in [0.05, 0.1) is 0 Å². The van der Waals surface area contributed by atoms with Crippen molar-refractivity contribution in [3.8, 4) is 5.75 Å². The molecule has 0 fully saturated rings. The minimum atomic E-state index is -1.62. The fraction of sp³-hybridized carbons (Fsp3) is 0.333. The SMILES string of the molecule is N[C@@](CCC(=O)O)(Cc1ccc(O)cc1)C(=O)O. The Hall–Kier alpha value is -2.08. The van der Waals surface area contributed by atoms with E-state index in [9.17, 15) is 9.59 Å². The van der Waals surface area contributed by atoms with Crippen LogP contribution in [0.5, 0.6) is 5.75 Å². The van der Waals surface area contributed by atoms with Gasteiger partial charge in [0.25, 0.3) is 0 Å². The third-order valence-corrected chi connectivity index (χ3v) is 2.67. The predicted octanol–water partition coefficient (Wildman–Crippen LogP) is 0.582. The molecule has 0 saturated carbocycles. The van der Waals surface area contributed by atoms with Gasteiger partial charge in [0.2, 0.25) is 0 Å². The van der Waals surface area contributed by atoms with Crippen molar-refractivity contribution in [1.82, 2.24) is 0 Å². The van der Waals surface area contributed by atoms with Gasteiger partial charge in [-0.2, -0.15) is 0 Å². The Balaban J connectivity index is 2.82. The number of rotatable bonds is 6. The molecule has 1 aromatic rings. The Morgan fingerprint density at radius 3 is 2.17 bits per heavy atom. The topological polar surface area (TPSA) is 121 Å². The summed E-state index contributed by atoms with van der Waals surface area (Å²) in [6.45, 7) is 0. The van der Waals surface area contributed by atoms with E-state index in [0.29, 0.717) is 5.56 Å². The molecule has 0 aromatic heterocycles. The molecule has 6 heteroatoms. The van der Waals surface area contributed by atoms with Crippen LogP contribution in [-0.2, 0) is 16.0 Å². The quantitative estimate of drug-likeness (QED) is 0.588. The maximum atomic E-state index is 11.1. The highest BCUT2D eigenvalue weighted by Gasteiger charge is 2.34. The van der Waals surface area contributed by atoms with E-state index in [-0.39, 0.29) is 25.0 Å². The Morgan fingerprint density at radius 2 is 1.72 bits per heavy atom. The van der Waals surface area contributed by atoms with Crippen molar-refractivity contribution in [2.24, 2.45) is 5.73 Å². The zero-order chi connectivity index (χ0) is 13.8. The van der Waals surface area contributed by atoms with Crippen LogP contribution < -0.4 is 5.73 Å². The van der Waals surface area contributed by atoms with Gasteiger partial charge in [-0.25, -0.2) is 0 Å². The zero-order valence-electron chi connectivity index (χ0n) is 9.67. The summed E-state index contributed by atoms with van der Waals surface area (Å²) in [5.74, 6) is -2.25. The molecule has 0 aliphatic heterocycles. The molecule has 1 rings (SSSR count). The van der Waals surface area contributed by atoms with Gasteiger partial charge >= 0.3 is 11.9 Å². The molecule has 0 radical (unpaired) electrons. The van der Waals surface area contributed by atoms with Crippen LogP contribution in [0.1, 0.15) is 18.4 Å².